The number of likely N-dealkylation sites (N-methyl/N-ethyl adjacent to an activating group) is 1. The van der Waals surface area contributed by atoms with Crippen molar-refractivity contribution in [2.45, 2.75) is 33.4 Å². The van der Waals surface area contributed by atoms with Crippen LogP contribution in [0.2, 0.25) is 0 Å². The Morgan fingerprint density at radius 2 is 2.03 bits per heavy atom. The molecule has 0 radical (unpaired) electrons. The van der Waals surface area contributed by atoms with Gasteiger partial charge in [-0.15, -0.1) is 0 Å². The molecule has 33 heavy (non-hydrogen) atoms. The number of fused-ring (bicyclic) bond motifs is 2. The number of ether oxygens (including phenoxy) is 1. The molecule has 3 heterocycles. The normalized spacial score (nSPS) is 16.7. The molecule has 0 bridgehead atoms. The van der Waals surface area contributed by atoms with E-state index in [2.05, 4.69) is 15.3 Å². The number of anilines is 1. The summed E-state index contributed by atoms with van der Waals surface area (Å²) in [5, 5.41) is 2.82. The molecule has 170 valence electrons. The van der Waals surface area contributed by atoms with Gasteiger partial charge in [-0.25, -0.2) is 4.98 Å². The number of carbonyl (C=O) groups excluding carboxylic acids is 2. The third-order valence-corrected chi connectivity index (χ3v) is 5.76. The second kappa shape index (κ2) is 8.90. The fraction of sp³-hybridized carbons (Fsp3) is 0.280. The highest BCUT2D eigenvalue weighted by molar-refractivity contribution is 6.03. The molecule has 1 atom stereocenters. The number of amides is 2. The smallest absolute Gasteiger partial charge is 0.270 e. The summed E-state index contributed by atoms with van der Waals surface area (Å²) in [7, 11) is 1.69. The van der Waals surface area contributed by atoms with E-state index >= 15 is 0 Å². The van der Waals surface area contributed by atoms with E-state index in [-0.39, 0.29) is 25.8 Å². The summed E-state index contributed by atoms with van der Waals surface area (Å²) in [5.41, 5.74) is 5.06. The van der Waals surface area contributed by atoms with Crippen LogP contribution >= 0.6 is 0 Å². The summed E-state index contributed by atoms with van der Waals surface area (Å²) in [6.45, 7) is 2.54. The Balaban J connectivity index is 0.00000259. The molecule has 1 N–H and O–H groups in total. The predicted molar refractivity (Wildman–Crippen MR) is 128 cm³/mol. The van der Waals surface area contributed by atoms with Gasteiger partial charge in [0.15, 0.2) is 0 Å². The van der Waals surface area contributed by atoms with E-state index in [0.717, 1.165) is 28.9 Å². The van der Waals surface area contributed by atoms with Crippen molar-refractivity contribution in [3.8, 4) is 5.75 Å². The van der Waals surface area contributed by atoms with Gasteiger partial charge >= 0.3 is 0 Å². The van der Waals surface area contributed by atoms with E-state index < -0.39 is 6.04 Å². The van der Waals surface area contributed by atoms with Gasteiger partial charge in [-0.05, 0) is 30.2 Å². The Kier molecular flexibility index (Phi) is 6.00. The molecule has 8 heteroatoms. The lowest BCUT2D eigenvalue weighted by molar-refractivity contribution is -0.120. The first-order chi connectivity index (χ1) is 15.5. The van der Waals surface area contributed by atoms with E-state index in [9.17, 15) is 9.59 Å². The Bertz CT molecular complexity index is 1230. The van der Waals surface area contributed by atoms with Gasteiger partial charge in [0.25, 0.3) is 11.8 Å². The largest absolute Gasteiger partial charge is 0.489 e. The predicted octanol–water partition coefficient (Wildman–Crippen LogP) is 3.37. The highest BCUT2D eigenvalue weighted by atomic mass is 16.5. The number of aliphatic imine (C=N–C) groups is 1. The summed E-state index contributed by atoms with van der Waals surface area (Å²) >= 11 is 0. The Morgan fingerprint density at radius 3 is 2.82 bits per heavy atom. The second-order valence-electron chi connectivity index (χ2n) is 8.10. The lowest BCUT2D eigenvalue weighted by Gasteiger charge is -2.21. The molecule has 2 aliphatic rings. The SMILES string of the molecule is C.CC1=Nc2cc3c(cc2C1)OC[C@H](NC(=O)c1cncn1Cc1ccccc1)C(=O)N3C. The summed E-state index contributed by atoms with van der Waals surface area (Å²) in [5.74, 6) is 0.00250. The lowest BCUT2D eigenvalue weighted by Crippen LogP contribution is -2.49. The Morgan fingerprint density at radius 1 is 1.24 bits per heavy atom. The number of hydrogen-bond acceptors (Lipinski definition) is 5. The van der Waals surface area contributed by atoms with Crippen molar-refractivity contribution in [1.82, 2.24) is 14.9 Å². The van der Waals surface area contributed by atoms with E-state index in [4.69, 9.17) is 4.74 Å². The molecule has 8 nitrogen and oxygen atoms in total. The van der Waals surface area contributed by atoms with E-state index in [0.29, 0.717) is 23.7 Å². The highest BCUT2D eigenvalue weighted by Gasteiger charge is 2.32. The zero-order valence-corrected chi connectivity index (χ0v) is 17.9. The van der Waals surface area contributed by atoms with Crippen molar-refractivity contribution >= 4 is 28.9 Å². The van der Waals surface area contributed by atoms with Gasteiger partial charge in [0.05, 0.1) is 23.9 Å². The molecule has 2 aromatic carbocycles. The minimum Gasteiger partial charge on any atom is -0.489 e. The van der Waals surface area contributed by atoms with Crippen molar-refractivity contribution in [1.29, 1.82) is 0 Å². The lowest BCUT2D eigenvalue weighted by atomic mass is 10.1. The van der Waals surface area contributed by atoms with Crippen LogP contribution in [0.1, 0.15) is 36.0 Å². The van der Waals surface area contributed by atoms with Crippen LogP contribution in [0.25, 0.3) is 0 Å². The van der Waals surface area contributed by atoms with Crippen molar-refractivity contribution in [3.05, 3.63) is 71.8 Å². The molecule has 0 fully saturated rings. The van der Waals surface area contributed by atoms with Crippen LogP contribution in [-0.4, -0.2) is 46.8 Å². The van der Waals surface area contributed by atoms with Crippen LogP contribution < -0.4 is 15.0 Å². The molecular weight excluding hydrogens is 418 g/mol. The monoisotopic (exact) mass is 445 g/mol. The summed E-state index contributed by atoms with van der Waals surface area (Å²) in [6, 6.07) is 12.8. The number of nitrogens with zero attached hydrogens (tertiary/aromatic N) is 4. The van der Waals surface area contributed by atoms with Crippen molar-refractivity contribution in [3.63, 3.8) is 0 Å². The van der Waals surface area contributed by atoms with Gasteiger partial charge in [0.2, 0.25) is 0 Å². The summed E-state index contributed by atoms with van der Waals surface area (Å²) in [6.07, 6.45) is 3.89. The fourth-order valence-corrected chi connectivity index (χ4v) is 4.09. The van der Waals surface area contributed by atoms with Gasteiger partial charge < -0.3 is 19.5 Å². The summed E-state index contributed by atoms with van der Waals surface area (Å²) < 4.78 is 7.72. The number of nitrogens with one attached hydrogen (secondary N) is 1. The van der Waals surface area contributed by atoms with E-state index in [1.54, 1.807) is 17.9 Å². The van der Waals surface area contributed by atoms with Gasteiger partial charge in [-0.2, -0.15) is 0 Å². The first-order valence-corrected chi connectivity index (χ1v) is 10.5. The third kappa shape index (κ3) is 4.24. The van der Waals surface area contributed by atoms with Crippen LogP contribution in [0.3, 0.4) is 0 Å². The Labute approximate surface area is 192 Å². The maximum absolute atomic E-state index is 13.1. The maximum atomic E-state index is 13.1. The van der Waals surface area contributed by atoms with Crippen LogP contribution in [0.4, 0.5) is 11.4 Å². The molecule has 0 saturated carbocycles. The molecule has 3 aromatic rings. The molecule has 0 saturated heterocycles. The molecule has 0 aliphatic carbocycles. The first kappa shape index (κ1) is 22.3. The molecule has 2 amide bonds. The fourth-order valence-electron chi connectivity index (χ4n) is 4.09. The maximum Gasteiger partial charge on any atom is 0.270 e. The van der Waals surface area contributed by atoms with Gasteiger partial charge in [-0.1, -0.05) is 37.8 Å². The Hall–Kier alpha value is -3.94. The van der Waals surface area contributed by atoms with Crippen molar-refractivity contribution in [2.24, 2.45) is 4.99 Å². The van der Waals surface area contributed by atoms with E-state index in [1.165, 1.54) is 11.1 Å². The molecule has 0 unspecified atom stereocenters. The number of aromatic nitrogens is 2. The highest BCUT2D eigenvalue weighted by Crippen LogP contribution is 2.39. The number of rotatable bonds is 4. The van der Waals surface area contributed by atoms with Gasteiger partial charge in [-0.3, -0.25) is 14.6 Å². The zero-order chi connectivity index (χ0) is 22.2. The summed E-state index contributed by atoms with van der Waals surface area (Å²) in [4.78, 5) is 36.3. The van der Waals surface area contributed by atoms with Gasteiger partial charge in [0.1, 0.15) is 24.1 Å². The van der Waals surface area contributed by atoms with Crippen molar-refractivity contribution in [2.75, 3.05) is 18.6 Å². The molecular formula is C25H27N5O3. The number of hydrogen-bond donors (Lipinski definition) is 1. The minimum absolute atomic E-state index is 0. The van der Waals surface area contributed by atoms with Crippen LogP contribution in [-0.2, 0) is 17.8 Å². The van der Waals surface area contributed by atoms with Gasteiger partial charge in [0, 0.05) is 25.7 Å². The second-order valence-corrected chi connectivity index (χ2v) is 8.10. The zero-order valence-electron chi connectivity index (χ0n) is 17.9. The third-order valence-electron chi connectivity index (χ3n) is 5.76. The van der Waals surface area contributed by atoms with Crippen LogP contribution in [0.5, 0.6) is 5.75 Å². The molecule has 5 rings (SSSR count). The number of imidazole rings is 1. The topological polar surface area (TPSA) is 88.8 Å². The molecule has 0 spiro atoms. The number of carbonyl (C=O) groups is 2. The molecule has 1 aromatic heterocycles. The first-order valence-electron chi connectivity index (χ1n) is 10.5. The number of benzene rings is 2. The minimum atomic E-state index is -0.819. The van der Waals surface area contributed by atoms with Crippen molar-refractivity contribution < 1.29 is 14.3 Å². The average molecular weight is 446 g/mol. The standard InChI is InChI=1S/C24H23N5O3.CH4/c1-15-8-17-9-22-20(10-18(17)26-15)28(2)24(31)19(13-32-22)27-23(30)21-11-25-14-29(21)12-16-6-4-3-5-7-16;/h3-7,9-11,14,19H,8,12-13H2,1-2H3,(H,27,30);1H4/t19-;/m0./s1. The average Bonchev–Trinajstić information content (AvgIpc) is 3.37. The van der Waals surface area contributed by atoms with Crippen LogP contribution in [0.15, 0.2) is 60.0 Å². The quantitative estimate of drug-likeness (QED) is 0.667. The molecule has 2 aliphatic heterocycles. The van der Waals surface area contributed by atoms with Crippen LogP contribution in [0, 0.1) is 0 Å². The van der Waals surface area contributed by atoms with E-state index in [1.807, 2.05) is 49.4 Å².